The van der Waals surface area contributed by atoms with E-state index in [1.165, 1.54) is 12.8 Å². The zero-order valence-corrected chi connectivity index (χ0v) is 13.8. The first-order chi connectivity index (χ1) is 12.3. The molecule has 2 aliphatic heterocycles. The van der Waals surface area contributed by atoms with Crippen molar-refractivity contribution in [3.8, 4) is 11.5 Å². The van der Waals surface area contributed by atoms with Crippen molar-refractivity contribution in [3.63, 3.8) is 0 Å². The number of nitrogens with zero attached hydrogens (tertiary/aromatic N) is 2. The first-order valence-electron chi connectivity index (χ1n) is 8.47. The normalized spacial score (nSPS) is 15.8. The van der Waals surface area contributed by atoms with Gasteiger partial charge >= 0.3 is 6.03 Å². The summed E-state index contributed by atoms with van der Waals surface area (Å²) < 4.78 is 11.1. The van der Waals surface area contributed by atoms with E-state index < -0.39 is 0 Å². The molecule has 2 N–H and O–H groups in total. The van der Waals surface area contributed by atoms with Gasteiger partial charge in [-0.2, -0.15) is 0 Å². The van der Waals surface area contributed by atoms with Crippen molar-refractivity contribution in [1.82, 2.24) is 4.98 Å². The number of urea groups is 1. The number of fused-ring (bicyclic) bond motifs is 1. The molecular formula is C18H20N4O3. The first-order valence-corrected chi connectivity index (χ1v) is 8.47. The molecule has 0 unspecified atom stereocenters. The monoisotopic (exact) mass is 340 g/mol. The Labute approximate surface area is 145 Å². The van der Waals surface area contributed by atoms with Crippen LogP contribution < -0.4 is 25.0 Å². The molecule has 130 valence electrons. The van der Waals surface area contributed by atoms with Gasteiger partial charge in [-0.3, -0.25) is 0 Å². The van der Waals surface area contributed by atoms with Crippen molar-refractivity contribution in [3.05, 3.63) is 36.5 Å². The molecule has 2 aromatic rings. The second-order valence-electron chi connectivity index (χ2n) is 6.01. The molecule has 1 aromatic heterocycles. The Kier molecular flexibility index (Phi) is 4.28. The van der Waals surface area contributed by atoms with Crippen LogP contribution in [0.2, 0.25) is 0 Å². The van der Waals surface area contributed by atoms with Crippen LogP contribution in [-0.4, -0.2) is 37.3 Å². The number of amides is 2. The van der Waals surface area contributed by atoms with Gasteiger partial charge in [0.05, 0.1) is 17.6 Å². The molecule has 0 bridgehead atoms. The van der Waals surface area contributed by atoms with Gasteiger partial charge in [0.15, 0.2) is 11.5 Å². The third kappa shape index (κ3) is 3.45. The number of carbonyl (C=O) groups is 1. The van der Waals surface area contributed by atoms with Crippen molar-refractivity contribution in [1.29, 1.82) is 0 Å². The summed E-state index contributed by atoms with van der Waals surface area (Å²) in [6.07, 6.45) is 4.09. The van der Waals surface area contributed by atoms with Crippen molar-refractivity contribution in [2.75, 3.05) is 41.8 Å². The van der Waals surface area contributed by atoms with Gasteiger partial charge in [-0.1, -0.05) is 6.07 Å². The minimum atomic E-state index is -0.349. The standard InChI is InChI=1S/C18H20N4O3/c23-18(21-14-4-3-5-15-17(14)25-11-10-24-15)20-13-6-7-16(19-12-13)22-8-1-2-9-22/h3-7,12H,1-2,8-11H2,(H2,20,21,23). The van der Waals surface area contributed by atoms with Gasteiger partial charge < -0.3 is 25.0 Å². The summed E-state index contributed by atoms with van der Waals surface area (Å²) in [6, 6.07) is 8.86. The Balaban J connectivity index is 1.41. The Hall–Kier alpha value is -2.96. The Morgan fingerprint density at radius 2 is 1.88 bits per heavy atom. The molecule has 0 spiro atoms. The molecule has 1 fully saturated rings. The second-order valence-corrected chi connectivity index (χ2v) is 6.01. The van der Waals surface area contributed by atoms with Crippen LogP contribution in [0.1, 0.15) is 12.8 Å². The fraction of sp³-hybridized carbons (Fsp3) is 0.333. The molecule has 1 saturated heterocycles. The first kappa shape index (κ1) is 15.6. The Morgan fingerprint density at radius 1 is 1.04 bits per heavy atom. The summed E-state index contributed by atoms with van der Waals surface area (Å²) in [5.74, 6) is 2.15. The maximum absolute atomic E-state index is 12.3. The second kappa shape index (κ2) is 6.88. The molecule has 0 aliphatic carbocycles. The number of anilines is 3. The van der Waals surface area contributed by atoms with Crippen LogP contribution in [0.3, 0.4) is 0 Å². The van der Waals surface area contributed by atoms with Gasteiger partial charge in [0.25, 0.3) is 0 Å². The molecule has 25 heavy (non-hydrogen) atoms. The summed E-state index contributed by atoms with van der Waals surface area (Å²) in [7, 11) is 0. The highest BCUT2D eigenvalue weighted by Gasteiger charge is 2.17. The predicted octanol–water partition coefficient (Wildman–Crippen LogP) is 3.10. The Bertz CT molecular complexity index is 757. The van der Waals surface area contributed by atoms with E-state index in [9.17, 15) is 4.79 Å². The number of nitrogens with one attached hydrogen (secondary N) is 2. The summed E-state index contributed by atoms with van der Waals surface area (Å²) >= 11 is 0. The highest BCUT2D eigenvalue weighted by atomic mass is 16.6. The van der Waals surface area contributed by atoms with Crippen LogP contribution in [0.4, 0.5) is 22.0 Å². The minimum Gasteiger partial charge on any atom is -0.486 e. The highest BCUT2D eigenvalue weighted by Crippen LogP contribution is 2.37. The molecule has 2 amide bonds. The highest BCUT2D eigenvalue weighted by molar-refractivity contribution is 6.01. The van der Waals surface area contributed by atoms with Gasteiger partial charge in [0.2, 0.25) is 0 Å². The lowest BCUT2D eigenvalue weighted by atomic mass is 10.2. The SMILES string of the molecule is O=C(Nc1ccc(N2CCCC2)nc1)Nc1cccc2c1OCCO2. The van der Waals surface area contributed by atoms with E-state index in [2.05, 4.69) is 20.5 Å². The zero-order chi connectivity index (χ0) is 17.1. The molecule has 0 radical (unpaired) electrons. The van der Waals surface area contributed by atoms with Gasteiger partial charge in [-0.25, -0.2) is 9.78 Å². The Morgan fingerprint density at radius 3 is 2.68 bits per heavy atom. The van der Waals surface area contributed by atoms with Gasteiger partial charge in [0.1, 0.15) is 19.0 Å². The number of hydrogen-bond donors (Lipinski definition) is 2. The third-order valence-electron chi connectivity index (χ3n) is 4.25. The number of ether oxygens (including phenoxy) is 2. The average molecular weight is 340 g/mol. The summed E-state index contributed by atoms with van der Waals surface area (Å²) in [5.41, 5.74) is 1.22. The molecule has 0 saturated carbocycles. The summed E-state index contributed by atoms with van der Waals surface area (Å²) in [4.78, 5) is 18.9. The minimum absolute atomic E-state index is 0.349. The third-order valence-corrected chi connectivity index (χ3v) is 4.25. The smallest absolute Gasteiger partial charge is 0.323 e. The van der Waals surface area contributed by atoms with E-state index in [0.717, 1.165) is 18.9 Å². The number of aromatic nitrogens is 1. The number of pyridine rings is 1. The van der Waals surface area contributed by atoms with Crippen molar-refractivity contribution in [2.45, 2.75) is 12.8 Å². The van der Waals surface area contributed by atoms with Crippen LogP contribution in [0.15, 0.2) is 36.5 Å². The zero-order valence-electron chi connectivity index (χ0n) is 13.8. The largest absolute Gasteiger partial charge is 0.486 e. The van der Waals surface area contributed by atoms with Gasteiger partial charge in [-0.05, 0) is 37.1 Å². The van der Waals surface area contributed by atoms with E-state index >= 15 is 0 Å². The van der Waals surface area contributed by atoms with E-state index in [-0.39, 0.29) is 6.03 Å². The average Bonchev–Trinajstić information content (AvgIpc) is 3.17. The lowest BCUT2D eigenvalue weighted by Crippen LogP contribution is -2.22. The van der Waals surface area contributed by atoms with E-state index in [1.807, 2.05) is 24.3 Å². The number of carbonyl (C=O) groups excluding carboxylic acids is 1. The number of rotatable bonds is 3. The molecule has 0 atom stereocenters. The van der Waals surface area contributed by atoms with Crippen molar-refractivity contribution >= 4 is 23.2 Å². The van der Waals surface area contributed by atoms with Crippen LogP contribution in [0, 0.1) is 0 Å². The predicted molar refractivity (Wildman–Crippen MR) is 95.8 cm³/mol. The number of hydrogen-bond acceptors (Lipinski definition) is 5. The van der Waals surface area contributed by atoms with E-state index in [0.29, 0.717) is 36.1 Å². The van der Waals surface area contributed by atoms with E-state index in [1.54, 1.807) is 12.3 Å². The fourth-order valence-corrected chi connectivity index (χ4v) is 3.05. The number of benzene rings is 1. The van der Waals surface area contributed by atoms with Crippen LogP contribution in [-0.2, 0) is 0 Å². The lowest BCUT2D eigenvalue weighted by molar-refractivity contribution is 0.172. The summed E-state index contributed by atoms with van der Waals surface area (Å²) in [5, 5.41) is 5.58. The molecule has 3 heterocycles. The maximum Gasteiger partial charge on any atom is 0.323 e. The molecule has 4 rings (SSSR count). The molecular weight excluding hydrogens is 320 g/mol. The number of para-hydroxylation sites is 1. The fourth-order valence-electron chi connectivity index (χ4n) is 3.05. The van der Waals surface area contributed by atoms with E-state index in [4.69, 9.17) is 9.47 Å². The lowest BCUT2D eigenvalue weighted by Gasteiger charge is -2.21. The van der Waals surface area contributed by atoms with Crippen molar-refractivity contribution < 1.29 is 14.3 Å². The van der Waals surface area contributed by atoms with Gasteiger partial charge in [-0.15, -0.1) is 0 Å². The summed E-state index contributed by atoms with van der Waals surface area (Å²) in [6.45, 7) is 3.07. The van der Waals surface area contributed by atoms with Crippen molar-refractivity contribution in [2.24, 2.45) is 0 Å². The van der Waals surface area contributed by atoms with Crippen LogP contribution in [0.25, 0.3) is 0 Å². The van der Waals surface area contributed by atoms with Crippen LogP contribution >= 0.6 is 0 Å². The quantitative estimate of drug-likeness (QED) is 0.898. The molecule has 7 heteroatoms. The molecule has 7 nitrogen and oxygen atoms in total. The molecule has 2 aliphatic rings. The maximum atomic E-state index is 12.3. The van der Waals surface area contributed by atoms with Crippen LogP contribution in [0.5, 0.6) is 11.5 Å². The molecule has 1 aromatic carbocycles. The van der Waals surface area contributed by atoms with Gasteiger partial charge in [0, 0.05) is 13.1 Å². The topological polar surface area (TPSA) is 75.7 Å².